The average Bonchev–Trinajstić information content (AvgIpc) is 2.89. The van der Waals surface area contributed by atoms with E-state index in [1.807, 2.05) is 4.98 Å². The van der Waals surface area contributed by atoms with Crippen LogP contribution in [-0.4, -0.2) is 43.5 Å². The number of benzene rings is 1. The summed E-state index contributed by atoms with van der Waals surface area (Å²) in [5, 5.41) is 19.5. The van der Waals surface area contributed by atoms with Gasteiger partial charge in [-0.05, 0) is 31.9 Å². The highest BCUT2D eigenvalue weighted by atomic mass is 35.5. The quantitative estimate of drug-likeness (QED) is 0.304. The Labute approximate surface area is 235 Å². The van der Waals surface area contributed by atoms with Crippen molar-refractivity contribution in [1.29, 1.82) is 5.26 Å². The topological polar surface area (TPSA) is 171 Å². The fraction of sp³-hybridized carbons (Fsp3) is 0.348. The van der Waals surface area contributed by atoms with Gasteiger partial charge in [-0.25, -0.2) is 9.59 Å². The summed E-state index contributed by atoms with van der Waals surface area (Å²) in [4.78, 5) is 37.7. The maximum Gasteiger partial charge on any atom is 0.511 e. The number of hydrogen-bond acceptors (Lipinski definition) is 11. The van der Waals surface area contributed by atoms with Crippen LogP contribution < -0.4 is 20.7 Å². The van der Waals surface area contributed by atoms with Crippen LogP contribution in [0.2, 0.25) is 10.0 Å². The van der Waals surface area contributed by atoms with Crippen LogP contribution in [0.5, 0.6) is 17.5 Å². The van der Waals surface area contributed by atoms with E-state index in [0.29, 0.717) is 4.68 Å². The molecule has 13 nitrogen and oxygen atoms in total. The number of H-pyrrole nitrogens is 1. The number of carbonyl (C=O) groups excluding carboxylic acids is 1. The van der Waals surface area contributed by atoms with Gasteiger partial charge >= 0.3 is 11.8 Å². The van der Waals surface area contributed by atoms with E-state index in [4.69, 9.17) is 57.0 Å². The lowest BCUT2D eigenvalue weighted by Crippen LogP contribution is -2.33. The molecule has 1 unspecified atom stereocenters. The summed E-state index contributed by atoms with van der Waals surface area (Å²) in [6.45, 7) is -2.72. The monoisotopic (exact) mass is 571 g/mol. The van der Waals surface area contributed by atoms with Crippen molar-refractivity contribution < 1.29 is 33.3 Å². The van der Waals surface area contributed by atoms with Gasteiger partial charge in [0.05, 0.1) is 21.8 Å². The van der Waals surface area contributed by atoms with Crippen LogP contribution in [0.25, 0.3) is 5.69 Å². The summed E-state index contributed by atoms with van der Waals surface area (Å²) in [6.07, 6.45) is -3.23. The Morgan fingerprint density at radius 2 is 1.84 bits per heavy atom. The molecular formula is C23H22Cl2N6O7. The lowest BCUT2D eigenvalue weighted by atomic mass is 10.1. The first-order valence-electron chi connectivity index (χ1n) is 13.9. The molecule has 3 rings (SSSR count). The van der Waals surface area contributed by atoms with Crippen LogP contribution in [0.1, 0.15) is 61.2 Å². The standard InChI is InChI=1S/C23H22Cl2N6O7/c1-10(2)14-8-18(28-29-21(14)36-12(5)37-23(34)35-11(3)4)38-19-15(24)6-13(7-16(19)25)31-22(33)27-20(32)17(9-26)30-31/h6-8,10-12H,1-5H3,(H,27,32,33)/i1D3,2D3,10D. The summed E-state index contributed by atoms with van der Waals surface area (Å²) in [6, 6.07) is 4.49. The van der Waals surface area contributed by atoms with Gasteiger partial charge in [-0.15, -0.1) is 15.3 Å². The summed E-state index contributed by atoms with van der Waals surface area (Å²) < 4.78 is 77.3. The third-order valence-electron chi connectivity index (χ3n) is 4.25. The van der Waals surface area contributed by atoms with Gasteiger partial charge in [-0.1, -0.05) is 36.9 Å². The molecule has 2 aromatic heterocycles. The Balaban J connectivity index is 2.11. The van der Waals surface area contributed by atoms with E-state index in [2.05, 4.69) is 15.3 Å². The van der Waals surface area contributed by atoms with Gasteiger partial charge in [0.2, 0.25) is 23.7 Å². The zero-order valence-electron chi connectivity index (χ0n) is 26.7. The van der Waals surface area contributed by atoms with E-state index in [9.17, 15) is 14.4 Å². The van der Waals surface area contributed by atoms with Gasteiger partial charge in [0.1, 0.15) is 6.07 Å². The van der Waals surface area contributed by atoms with Crippen molar-refractivity contribution in [3.63, 3.8) is 0 Å². The Kier molecular flexibility index (Phi) is 6.25. The maximum atomic E-state index is 12.3. The van der Waals surface area contributed by atoms with Crippen molar-refractivity contribution in [1.82, 2.24) is 25.0 Å². The molecule has 200 valence electrons. The third-order valence-corrected chi connectivity index (χ3v) is 4.81. The van der Waals surface area contributed by atoms with Gasteiger partial charge in [-0.3, -0.25) is 9.78 Å². The highest BCUT2D eigenvalue weighted by Gasteiger charge is 2.21. The molecule has 0 spiro atoms. The van der Waals surface area contributed by atoms with E-state index in [1.54, 1.807) is 13.8 Å². The molecule has 1 atom stereocenters. The summed E-state index contributed by atoms with van der Waals surface area (Å²) in [5.74, 6) is -5.12. The van der Waals surface area contributed by atoms with Crippen LogP contribution in [0.4, 0.5) is 4.79 Å². The second-order valence-corrected chi connectivity index (χ2v) is 8.28. The van der Waals surface area contributed by atoms with Gasteiger partial charge in [-0.2, -0.15) is 9.94 Å². The molecule has 0 radical (unpaired) electrons. The van der Waals surface area contributed by atoms with Crippen LogP contribution in [0.3, 0.4) is 0 Å². The minimum absolute atomic E-state index is 0.106. The first-order chi connectivity index (χ1) is 20.7. The number of carbonyl (C=O) groups is 1. The first-order valence-corrected chi connectivity index (χ1v) is 11.2. The molecule has 3 aromatic rings. The molecule has 2 heterocycles. The zero-order valence-corrected chi connectivity index (χ0v) is 21.2. The average molecular weight is 572 g/mol. The first kappa shape index (κ1) is 19.9. The predicted molar refractivity (Wildman–Crippen MR) is 134 cm³/mol. The molecule has 1 aromatic carbocycles. The van der Waals surface area contributed by atoms with E-state index in [1.165, 1.54) is 13.0 Å². The lowest BCUT2D eigenvalue weighted by molar-refractivity contribution is -0.0631. The lowest BCUT2D eigenvalue weighted by Gasteiger charge is -2.18. The number of aromatic nitrogens is 5. The smallest absolute Gasteiger partial charge is 0.436 e. The van der Waals surface area contributed by atoms with Crippen molar-refractivity contribution in [2.75, 3.05) is 0 Å². The highest BCUT2D eigenvalue weighted by Crippen LogP contribution is 2.38. The van der Waals surface area contributed by atoms with Crippen molar-refractivity contribution in [2.45, 2.75) is 52.8 Å². The largest absolute Gasteiger partial charge is 0.511 e. The Bertz CT molecular complexity index is 1740. The Morgan fingerprint density at radius 1 is 1.16 bits per heavy atom. The van der Waals surface area contributed by atoms with Crippen LogP contribution in [0, 0.1) is 11.3 Å². The van der Waals surface area contributed by atoms with E-state index >= 15 is 0 Å². The van der Waals surface area contributed by atoms with Gasteiger partial charge in [0.15, 0.2) is 5.75 Å². The number of aromatic amines is 1. The number of nitrogens with zero attached hydrogens (tertiary/aromatic N) is 5. The van der Waals surface area contributed by atoms with Crippen LogP contribution in [0.15, 0.2) is 27.8 Å². The number of hydrogen-bond donors (Lipinski definition) is 1. The summed E-state index contributed by atoms with van der Waals surface area (Å²) in [7, 11) is 0. The number of ether oxygens (including phenoxy) is 4. The second-order valence-electron chi connectivity index (χ2n) is 7.47. The highest BCUT2D eigenvalue weighted by molar-refractivity contribution is 6.37. The molecule has 0 bridgehead atoms. The molecule has 38 heavy (non-hydrogen) atoms. The molecule has 0 amide bonds. The maximum absolute atomic E-state index is 12.3. The number of nitrogens with one attached hydrogen (secondary N) is 1. The molecular weight excluding hydrogens is 543 g/mol. The fourth-order valence-electron chi connectivity index (χ4n) is 2.73. The minimum atomic E-state index is -3.51. The van der Waals surface area contributed by atoms with Crippen LogP contribution >= 0.6 is 23.2 Å². The summed E-state index contributed by atoms with van der Waals surface area (Å²) >= 11 is 12.6. The molecule has 1 N–H and O–H groups in total. The molecule has 0 aliphatic rings. The second kappa shape index (κ2) is 11.9. The SMILES string of the molecule is [2H]C([2H])([2H])C([2H])(c1cc(Oc2c(Cl)cc(-n3nc(C#N)c(=O)[nH]c3=O)cc2Cl)nnc1OC(C)OC(=O)OC(C)C)C([2H])([2H])[2H]. The molecule has 0 aliphatic carbocycles. The van der Waals surface area contributed by atoms with Crippen LogP contribution in [-0.2, 0) is 9.47 Å². The number of halogens is 2. The normalized spacial score (nSPS) is 15.3. The van der Waals surface area contributed by atoms with E-state index in [-0.39, 0.29) is 21.5 Å². The molecule has 0 aliphatic heterocycles. The zero-order chi connectivity index (χ0) is 34.1. The Morgan fingerprint density at radius 3 is 2.45 bits per heavy atom. The molecule has 15 heteroatoms. The van der Waals surface area contributed by atoms with Crippen molar-refractivity contribution in [3.8, 4) is 29.3 Å². The molecule has 0 saturated carbocycles. The third kappa shape index (κ3) is 6.78. The van der Waals surface area contributed by atoms with Gasteiger partial charge < -0.3 is 18.9 Å². The van der Waals surface area contributed by atoms with Crippen molar-refractivity contribution >= 4 is 29.4 Å². The number of rotatable bonds is 8. The molecule has 0 fully saturated rings. The van der Waals surface area contributed by atoms with E-state index in [0.717, 1.165) is 18.2 Å². The molecule has 0 saturated heterocycles. The Hall–Kier alpha value is -4.15. The summed E-state index contributed by atoms with van der Waals surface area (Å²) in [5.41, 5.74) is -3.63. The predicted octanol–water partition coefficient (Wildman–Crippen LogP) is 4.09. The minimum Gasteiger partial charge on any atom is -0.436 e. The van der Waals surface area contributed by atoms with Gasteiger partial charge in [0, 0.05) is 28.1 Å². The number of nitriles is 1. The fourth-order valence-corrected chi connectivity index (χ4v) is 3.29. The van der Waals surface area contributed by atoms with E-state index < -0.39 is 72.4 Å². The van der Waals surface area contributed by atoms with Crippen molar-refractivity contribution in [3.05, 3.63) is 60.3 Å². The van der Waals surface area contributed by atoms with Crippen molar-refractivity contribution in [2.24, 2.45) is 0 Å². The van der Waals surface area contributed by atoms with Gasteiger partial charge in [0.25, 0.3) is 5.56 Å².